The molecule has 2 fully saturated rings. The maximum Gasteiger partial charge on any atom is 0.125 e. The van der Waals surface area contributed by atoms with Crippen LogP contribution in [0, 0.1) is 11.8 Å². The van der Waals surface area contributed by atoms with Crippen molar-refractivity contribution >= 4 is 0 Å². The van der Waals surface area contributed by atoms with Crippen molar-refractivity contribution < 1.29 is 5.11 Å². The van der Waals surface area contributed by atoms with Crippen LogP contribution in [0.15, 0.2) is 24.5 Å². The molecule has 3 nitrogen and oxygen atoms in total. The van der Waals surface area contributed by atoms with E-state index in [0.717, 1.165) is 38.8 Å². The number of aliphatic hydroxyl groups is 1. The summed E-state index contributed by atoms with van der Waals surface area (Å²) in [6.45, 7) is 1.84. The molecule has 3 heteroatoms. The second-order valence-corrected chi connectivity index (χ2v) is 6.66. The van der Waals surface area contributed by atoms with Gasteiger partial charge in [-0.2, -0.15) is 0 Å². The summed E-state index contributed by atoms with van der Waals surface area (Å²) in [7, 11) is 0. The van der Waals surface area contributed by atoms with Crippen molar-refractivity contribution in [3.63, 3.8) is 0 Å². The number of hydrogen-bond acceptors (Lipinski definition) is 3. The summed E-state index contributed by atoms with van der Waals surface area (Å²) in [4.78, 5) is 6.70. The Morgan fingerprint density at radius 3 is 2.86 bits per heavy atom. The molecule has 0 spiro atoms. The second-order valence-electron chi connectivity index (χ2n) is 6.66. The first-order valence-corrected chi connectivity index (χ1v) is 8.63. The number of hydrogen-bond donors (Lipinski definition) is 1. The summed E-state index contributed by atoms with van der Waals surface area (Å²) >= 11 is 0. The highest BCUT2D eigenvalue weighted by Gasteiger charge is 2.27. The third-order valence-corrected chi connectivity index (χ3v) is 4.97. The highest BCUT2D eigenvalue weighted by Crippen LogP contribution is 2.30. The highest BCUT2D eigenvalue weighted by molar-refractivity contribution is 5.18. The summed E-state index contributed by atoms with van der Waals surface area (Å²) in [5, 5.41) is 10.5. The monoisotopic (exact) mass is 298 g/mol. The van der Waals surface area contributed by atoms with Crippen LogP contribution in [0.4, 0.5) is 0 Å². The molecule has 1 N–H and O–H groups in total. The van der Waals surface area contributed by atoms with Gasteiger partial charge in [0.05, 0.1) is 6.54 Å². The van der Waals surface area contributed by atoms with Crippen molar-refractivity contribution in [3.05, 3.63) is 30.1 Å². The summed E-state index contributed by atoms with van der Waals surface area (Å²) in [5.41, 5.74) is 0.568. The highest BCUT2D eigenvalue weighted by atomic mass is 16.3. The number of rotatable bonds is 2. The summed E-state index contributed by atoms with van der Waals surface area (Å²) < 4.78 is 0. The Balaban J connectivity index is 1.65. The zero-order valence-corrected chi connectivity index (χ0v) is 13.3. The minimum Gasteiger partial charge on any atom is -0.378 e. The molecule has 2 heterocycles. The molecule has 118 valence electrons. The molecule has 1 saturated carbocycles. The van der Waals surface area contributed by atoms with Crippen molar-refractivity contribution in [2.24, 2.45) is 0 Å². The smallest absolute Gasteiger partial charge is 0.125 e. The van der Waals surface area contributed by atoms with Crippen molar-refractivity contribution in [1.82, 2.24) is 9.88 Å². The van der Waals surface area contributed by atoms with E-state index in [9.17, 15) is 5.11 Å². The predicted octanol–water partition coefficient (Wildman–Crippen LogP) is 3.31. The normalized spacial score (nSPS) is 25.2. The molecule has 1 atom stereocenters. The molecular formula is C19H26N2O. The zero-order valence-electron chi connectivity index (χ0n) is 13.3. The third kappa shape index (κ3) is 3.88. The van der Waals surface area contributed by atoms with Crippen molar-refractivity contribution in [3.8, 4) is 11.8 Å². The molecule has 0 bridgehead atoms. The van der Waals surface area contributed by atoms with E-state index < -0.39 is 5.60 Å². The Bertz CT molecular complexity index is 525. The lowest BCUT2D eigenvalue weighted by atomic mass is 9.85. The predicted molar refractivity (Wildman–Crippen MR) is 88.2 cm³/mol. The molecule has 1 aromatic rings. The van der Waals surface area contributed by atoms with Crippen LogP contribution in [0.25, 0.3) is 0 Å². The van der Waals surface area contributed by atoms with E-state index >= 15 is 0 Å². The van der Waals surface area contributed by atoms with E-state index in [1.807, 2.05) is 18.5 Å². The maximum atomic E-state index is 10.5. The molecule has 1 saturated heterocycles. The molecular weight excluding hydrogens is 272 g/mol. The molecule has 0 unspecified atom stereocenters. The second kappa shape index (κ2) is 7.26. The summed E-state index contributed by atoms with van der Waals surface area (Å²) in [5.74, 6) is 6.44. The van der Waals surface area contributed by atoms with Crippen molar-refractivity contribution in [2.45, 2.75) is 63.0 Å². The van der Waals surface area contributed by atoms with Crippen molar-refractivity contribution in [1.29, 1.82) is 0 Å². The molecule has 2 aliphatic rings. The topological polar surface area (TPSA) is 36.4 Å². The fraction of sp³-hybridized carbons (Fsp3) is 0.632. The standard InChI is InChI=1S/C19H26N2O/c22-19(10-3-1-4-11-19)12-7-15-21-14-5-2-9-18(21)17-8-6-13-20-16-17/h6,8,13,16,18,22H,1-5,9-11,14-15H2/t18-/m1/s1. The molecule has 0 radical (unpaired) electrons. The Kier molecular flexibility index (Phi) is 5.12. The number of aromatic nitrogens is 1. The number of piperidine rings is 1. The van der Waals surface area contributed by atoms with Crippen LogP contribution in [0.5, 0.6) is 0 Å². The zero-order chi connectivity index (χ0) is 15.3. The van der Waals surface area contributed by atoms with E-state index in [4.69, 9.17) is 0 Å². The maximum absolute atomic E-state index is 10.5. The molecule has 22 heavy (non-hydrogen) atoms. The van der Waals surface area contributed by atoms with Crippen LogP contribution in [0.3, 0.4) is 0 Å². The van der Waals surface area contributed by atoms with E-state index in [2.05, 4.69) is 27.8 Å². The molecule has 0 amide bonds. The van der Waals surface area contributed by atoms with Gasteiger partial charge in [0.2, 0.25) is 0 Å². The van der Waals surface area contributed by atoms with E-state index in [0.29, 0.717) is 6.04 Å². The quantitative estimate of drug-likeness (QED) is 0.851. The van der Waals surface area contributed by atoms with Gasteiger partial charge in [-0.1, -0.05) is 30.7 Å². The van der Waals surface area contributed by atoms with Crippen LogP contribution >= 0.6 is 0 Å². The van der Waals surface area contributed by atoms with Gasteiger partial charge < -0.3 is 5.11 Å². The lowest BCUT2D eigenvalue weighted by Crippen LogP contribution is -2.34. The Labute approximate surface area is 133 Å². The van der Waals surface area contributed by atoms with Gasteiger partial charge in [0.1, 0.15) is 5.60 Å². The summed E-state index contributed by atoms with van der Waals surface area (Å²) in [6, 6.07) is 4.61. The summed E-state index contributed by atoms with van der Waals surface area (Å²) in [6.07, 6.45) is 12.6. The first-order chi connectivity index (χ1) is 10.8. The van der Waals surface area contributed by atoms with Gasteiger partial charge >= 0.3 is 0 Å². The molecule has 1 aromatic heterocycles. The average molecular weight is 298 g/mol. The van der Waals surface area contributed by atoms with Gasteiger partial charge in [0.25, 0.3) is 0 Å². The van der Waals surface area contributed by atoms with Crippen LogP contribution < -0.4 is 0 Å². The molecule has 3 rings (SSSR count). The van der Waals surface area contributed by atoms with Gasteiger partial charge in [-0.05, 0) is 56.7 Å². The minimum absolute atomic E-state index is 0.428. The average Bonchev–Trinajstić information content (AvgIpc) is 2.57. The van der Waals surface area contributed by atoms with Gasteiger partial charge in [-0.25, -0.2) is 0 Å². The van der Waals surface area contributed by atoms with Gasteiger partial charge in [0, 0.05) is 18.4 Å². The Morgan fingerprint density at radius 1 is 1.23 bits per heavy atom. The molecule has 1 aliphatic carbocycles. The number of nitrogens with zero attached hydrogens (tertiary/aromatic N) is 2. The largest absolute Gasteiger partial charge is 0.378 e. The lowest BCUT2D eigenvalue weighted by Gasteiger charge is -2.34. The van der Waals surface area contributed by atoms with Crippen LogP contribution in [-0.2, 0) is 0 Å². The third-order valence-electron chi connectivity index (χ3n) is 4.97. The van der Waals surface area contributed by atoms with E-state index in [-0.39, 0.29) is 0 Å². The fourth-order valence-corrected chi connectivity index (χ4v) is 3.70. The molecule has 1 aliphatic heterocycles. The van der Waals surface area contributed by atoms with Gasteiger partial charge in [-0.3, -0.25) is 9.88 Å². The first-order valence-electron chi connectivity index (χ1n) is 8.63. The van der Waals surface area contributed by atoms with Crippen molar-refractivity contribution in [2.75, 3.05) is 13.1 Å². The Morgan fingerprint density at radius 2 is 2.09 bits per heavy atom. The fourth-order valence-electron chi connectivity index (χ4n) is 3.70. The lowest BCUT2D eigenvalue weighted by molar-refractivity contribution is 0.0607. The van der Waals surface area contributed by atoms with Crippen LogP contribution in [0.2, 0.25) is 0 Å². The van der Waals surface area contributed by atoms with Gasteiger partial charge in [0.15, 0.2) is 0 Å². The first kappa shape index (κ1) is 15.5. The minimum atomic E-state index is -0.724. The van der Waals surface area contributed by atoms with E-state index in [1.54, 1.807) is 0 Å². The molecule has 0 aromatic carbocycles. The van der Waals surface area contributed by atoms with Crippen LogP contribution in [-0.4, -0.2) is 33.7 Å². The number of likely N-dealkylation sites (tertiary alicyclic amines) is 1. The Hall–Kier alpha value is -1.37. The van der Waals surface area contributed by atoms with E-state index in [1.165, 1.54) is 31.2 Å². The van der Waals surface area contributed by atoms with Gasteiger partial charge in [-0.15, -0.1) is 0 Å². The SMILES string of the molecule is OC1(C#CCN2CCCC[C@@H]2c2cccnc2)CCCCC1. The van der Waals surface area contributed by atoms with Crippen LogP contribution in [0.1, 0.15) is 63.0 Å². The number of pyridine rings is 1.